The van der Waals surface area contributed by atoms with Gasteiger partial charge in [0.25, 0.3) is 5.56 Å². The van der Waals surface area contributed by atoms with Crippen LogP contribution in [0.4, 0.5) is 10.1 Å². The molecule has 0 saturated carbocycles. The number of aromatic amines is 1. The summed E-state index contributed by atoms with van der Waals surface area (Å²) in [5.41, 5.74) is 2.35. The van der Waals surface area contributed by atoms with Crippen LogP contribution in [-0.2, 0) is 0 Å². The number of aromatic nitrogens is 5. The molecule has 1 saturated heterocycles. The summed E-state index contributed by atoms with van der Waals surface area (Å²) in [6, 6.07) is 3.15. The van der Waals surface area contributed by atoms with Gasteiger partial charge < -0.3 is 19.2 Å². The highest BCUT2D eigenvalue weighted by molar-refractivity contribution is 5.79. The van der Waals surface area contributed by atoms with Gasteiger partial charge in [-0.2, -0.15) is 0 Å². The molecule has 0 atom stereocenters. The van der Waals surface area contributed by atoms with E-state index < -0.39 is 5.82 Å². The lowest BCUT2D eigenvalue weighted by atomic mass is 10.2. The second-order valence-electron chi connectivity index (χ2n) is 7.46. The molecule has 0 unspecified atom stereocenters. The average Bonchev–Trinajstić information content (AvgIpc) is 3.09. The van der Waals surface area contributed by atoms with Crippen LogP contribution in [0.25, 0.3) is 28.1 Å². The van der Waals surface area contributed by atoms with Gasteiger partial charge in [0.1, 0.15) is 5.82 Å². The minimum absolute atomic E-state index is 0.240. The van der Waals surface area contributed by atoms with Crippen LogP contribution in [-0.4, -0.2) is 62.5 Å². The van der Waals surface area contributed by atoms with Crippen LogP contribution >= 0.6 is 0 Å². The highest BCUT2D eigenvalue weighted by Gasteiger charge is 2.17. The Morgan fingerprint density at radius 1 is 1.10 bits per heavy atom. The molecule has 8 nitrogen and oxygen atoms in total. The number of halogens is 1. The van der Waals surface area contributed by atoms with Crippen molar-refractivity contribution in [2.24, 2.45) is 0 Å². The number of fused-ring (bicyclic) bond motifs is 2. The van der Waals surface area contributed by atoms with Gasteiger partial charge in [-0.15, -0.1) is 0 Å². The van der Waals surface area contributed by atoms with E-state index in [9.17, 15) is 9.18 Å². The van der Waals surface area contributed by atoms with E-state index in [1.54, 1.807) is 29.9 Å². The average molecular weight is 393 g/mol. The van der Waals surface area contributed by atoms with E-state index in [0.717, 1.165) is 31.9 Å². The van der Waals surface area contributed by atoms with E-state index >= 15 is 0 Å². The quantitative estimate of drug-likeness (QED) is 0.560. The van der Waals surface area contributed by atoms with Crippen LogP contribution < -0.4 is 10.5 Å². The Balaban J connectivity index is 1.57. The number of imidazole rings is 1. The standard InChI is InChI=1S/C20H20FN7O/c1-12-10-28-11-13(7-16(21)19(28)23-12)17-24-18-15(20(29)25-17)8-14(9-22-18)27-5-3-26(2)4-6-27/h7-11H,3-6H2,1-2H3,(H,22,24,25,29). The number of hydrogen-bond acceptors (Lipinski definition) is 6. The second kappa shape index (κ2) is 6.63. The van der Waals surface area contributed by atoms with Gasteiger partial charge in [0.2, 0.25) is 0 Å². The molecular formula is C20H20FN7O. The lowest BCUT2D eigenvalue weighted by molar-refractivity contribution is 0.313. The molecule has 29 heavy (non-hydrogen) atoms. The number of nitrogens with zero attached hydrogens (tertiary/aromatic N) is 6. The van der Waals surface area contributed by atoms with Gasteiger partial charge in [0, 0.05) is 44.1 Å². The minimum Gasteiger partial charge on any atom is -0.368 e. The monoisotopic (exact) mass is 393 g/mol. The van der Waals surface area contributed by atoms with E-state index in [1.165, 1.54) is 6.07 Å². The molecule has 0 amide bonds. The van der Waals surface area contributed by atoms with Crippen molar-refractivity contribution in [3.63, 3.8) is 0 Å². The molecule has 0 spiro atoms. The summed E-state index contributed by atoms with van der Waals surface area (Å²) in [7, 11) is 2.09. The number of likely N-dealkylation sites (N-methyl/N-ethyl adjacent to an activating group) is 1. The molecule has 0 aliphatic carbocycles. The number of H-pyrrole nitrogens is 1. The molecule has 1 aliphatic rings. The van der Waals surface area contributed by atoms with Crippen molar-refractivity contribution in [3.8, 4) is 11.4 Å². The van der Waals surface area contributed by atoms with Crippen LogP contribution in [0.1, 0.15) is 5.69 Å². The van der Waals surface area contributed by atoms with E-state index in [2.05, 4.69) is 36.8 Å². The van der Waals surface area contributed by atoms with Gasteiger partial charge in [-0.25, -0.2) is 19.3 Å². The highest BCUT2D eigenvalue weighted by atomic mass is 19.1. The first kappa shape index (κ1) is 17.7. The van der Waals surface area contributed by atoms with Crippen molar-refractivity contribution >= 4 is 22.4 Å². The van der Waals surface area contributed by atoms with E-state index in [1.807, 2.05) is 6.07 Å². The van der Waals surface area contributed by atoms with Gasteiger partial charge in [-0.1, -0.05) is 0 Å². The van der Waals surface area contributed by atoms with Crippen LogP contribution in [0.15, 0.2) is 35.5 Å². The van der Waals surface area contributed by atoms with Crippen molar-refractivity contribution < 1.29 is 4.39 Å². The Kier molecular flexibility index (Phi) is 4.06. The predicted octanol–water partition coefficient (Wildman–Crippen LogP) is 1.83. The largest absolute Gasteiger partial charge is 0.368 e. The minimum atomic E-state index is -0.475. The van der Waals surface area contributed by atoms with E-state index in [4.69, 9.17) is 0 Å². The maximum absolute atomic E-state index is 14.4. The molecule has 1 fully saturated rings. The molecular weight excluding hydrogens is 373 g/mol. The van der Waals surface area contributed by atoms with Gasteiger partial charge in [0.15, 0.2) is 17.1 Å². The summed E-state index contributed by atoms with van der Waals surface area (Å²) >= 11 is 0. The Morgan fingerprint density at radius 2 is 1.90 bits per heavy atom. The van der Waals surface area contributed by atoms with Crippen molar-refractivity contribution in [2.45, 2.75) is 6.92 Å². The van der Waals surface area contributed by atoms with Crippen molar-refractivity contribution in [3.05, 3.63) is 52.6 Å². The zero-order chi connectivity index (χ0) is 20.1. The number of nitrogens with one attached hydrogen (secondary N) is 1. The van der Waals surface area contributed by atoms with E-state index in [-0.39, 0.29) is 17.0 Å². The smallest absolute Gasteiger partial charge is 0.260 e. The Morgan fingerprint density at radius 3 is 2.69 bits per heavy atom. The number of aryl methyl sites for hydroxylation is 1. The van der Waals surface area contributed by atoms with Crippen LogP contribution in [0.5, 0.6) is 0 Å². The molecule has 0 radical (unpaired) electrons. The fraction of sp³-hybridized carbons (Fsp3) is 0.300. The maximum Gasteiger partial charge on any atom is 0.260 e. The molecule has 9 heteroatoms. The third-order valence-corrected chi connectivity index (χ3v) is 5.32. The second-order valence-corrected chi connectivity index (χ2v) is 7.46. The van der Waals surface area contributed by atoms with Crippen LogP contribution in [0.3, 0.4) is 0 Å². The molecule has 1 N–H and O–H groups in total. The molecule has 0 aromatic carbocycles. The Labute approximate surface area is 165 Å². The maximum atomic E-state index is 14.4. The molecule has 0 bridgehead atoms. The fourth-order valence-electron chi connectivity index (χ4n) is 3.69. The molecule has 5 heterocycles. The summed E-state index contributed by atoms with van der Waals surface area (Å²) < 4.78 is 16.0. The van der Waals surface area contributed by atoms with Crippen molar-refractivity contribution in [2.75, 3.05) is 38.1 Å². The zero-order valence-corrected chi connectivity index (χ0v) is 16.2. The molecule has 4 aromatic rings. The molecule has 5 rings (SSSR count). The summed E-state index contributed by atoms with van der Waals surface area (Å²) in [5.74, 6) is -0.203. The molecule has 148 valence electrons. The van der Waals surface area contributed by atoms with Gasteiger partial charge >= 0.3 is 0 Å². The predicted molar refractivity (Wildman–Crippen MR) is 109 cm³/mol. The Hall–Kier alpha value is -3.33. The first-order valence-corrected chi connectivity index (χ1v) is 9.47. The Bertz CT molecular complexity index is 1290. The number of hydrogen-bond donors (Lipinski definition) is 1. The summed E-state index contributed by atoms with van der Waals surface area (Å²) in [4.78, 5) is 33.0. The normalized spacial score (nSPS) is 15.5. The molecule has 1 aliphatic heterocycles. The van der Waals surface area contributed by atoms with Crippen molar-refractivity contribution in [1.82, 2.24) is 29.2 Å². The lowest BCUT2D eigenvalue weighted by Gasteiger charge is -2.33. The first-order chi connectivity index (χ1) is 14.0. The zero-order valence-electron chi connectivity index (χ0n) is 16.2. The third-order valence-electron chi connectivity index (χ3n) is 5.32. The highest BCUT2D eigenvalue weighted by Crippen LogP contribution is 2.22. The van der Waals surface area contributed by atoms with Gasteiger partial charge in [0.05, 0.1) is 23.0 Å². The summed E-state index contributed by atoms with van der Waals surface area (Å²) in [5, 5.41) is 0.421. The SMILES string of the molecule is Cc1cn2cc(-c3nc4ncc(N5CCN(C)CC5)cc4c(=O)[nH]3)cc(F)c2n1. The number of rotatable bonds is 2. The van der Waals surface area contributed by atoms with Gasteiger partial charge in [-0.05, 0) is 26.1 Å². The summed E-state index contributed by atoms with van der Waals surface area (Å²) in [6.07, 6.45) is 5.16. The third kappa shape index (κ3) is 3.13. The summed E-state index contributed by atoms with van der Waals surface area (Å²) in [6.45, 7) is 5.50. The number of anilines is 1. The van der Waals surface area contributed by atoms with E-state index in [0.29, 0.717) is 22.3 Å². The lowest BCUT2D eigenvalue weighted by Crippen LogP contribution is -2.44. The fourth-order valence-corrected chi connectivity index (χ4v) is 3.69. The topological polar surface area (TPSA) is 82.4 Å². The van der Waals surface area contributed by atoms with Crippen LogP contribution in [0.2, 0.25) is 0 Å². The van der Waals surface area contributed by atoms with Crippen molar-refractivity contribution in [1.29, 1.82) is 0 Å². The number of piperazine rings is 1. The van der Waals surface area contributed by atoms with Crippen LogP contribution in [0, 0.1) is 12.7 Å². The van der Waals surface area contributed by atoms with Gasteiger partial charge in [-0.3, -0.25) is 4.79 Å². The first-order valence-electron chi connectivity index (χ1n) is 9.47. The molecule has 4 aromatic heterocycles. The number of pyridine rings is 2.